The first-order valence-corrected chi connectivity index (χ1v) is 11.9. The number of rotatable bonds is 9. The fraction of sp³-hybridized carbons (Fsp3) is 0.235. The molecule has 0 saturated carbocycles. The van der Waals surface area contributed by atoms with E-state index >= 15 is 0 Å². The Balaban J connectivity index is 3.42. The highest BCUT2D eigenvalue weighted by atomic mass is 32.2. The number of nitrogens with one attached hydrogen (secondary N) is 1. The van der Waals surface area contributed by atoms with Gasteiger partial charge in [0.05, 0.1) is 26.6 Å². The largest absolute Gasteiger partial charge is 0.404 e. The summed E-state index contributed by atoms with van der Waals surface area (Å²) in [5.74, 6) is -1.27. The molecule has 3 N–H and O–H groups in total. The highest BCUT2D eigenvalue weighted by Crippen LogP contribution is 2.26. The number of allylic oxidation sites excluding steroid dienone is 1. The summed E-state index contributed by atoms with van der Waals surface area (Å²) in [4.78, 5) is 12.5. The molecule has 1 aromatic carbocycles. The Morgan fingerprint density at radius 3 is 2.46 bits per heavy atom. The van der Waals surface area contributed by atoms with E-state index in [9.17, 15) is 21.6 Å². The van der Waals surface area contributed by atoms with Crippen molar-refractivity contribution in [2.24, 2.45) is 5.73 Å². The van der Waals surface area contributed by atoms with Crippen molar-refractivity contribution in [1.82, 2.24) is 5.32 Å². The first-order valence-electron chi connectivity index (χ1n) is 7.91. The van der Waals surface area contributed by atoms with Crippen molar-refractivity contribution in [1.29, 1.82) is 0 Å². The van der Waals surface area contributed by atoms with Crippen LogP contribution in [0.3, 0.4) is 0 Å². The second-order valence-corrected chi connectivity index (χ2v) is 10.3. The molecule has 154 valence electrons. The zero-order chi connectivity index (χ0) is 21.5. The normalized spacial score (nSPS) is 11.8. The summed E-state index contributed by atoms with van der Waals surface area (Å²) in [6.45, 7) is 8.22. The molecule has 11 heteroatoms. The maximum Gasteiger partial charge on any atom is 0.332 e. The van der Waals surface area contributed by atoms with Crippen LogP contribution in [0.15, 0.2) is 57.3 Å². The van der Waals surface area contributed by atoms with Crippen LogP contribution in [0.5, 0.6) is 5.75 Å². The number of thioether (sulfide) groups is 1. The van der Waals surface area contributed by atoms with Crippen molar-refractivity contribution in [3.05, 3.63) is 58.0 Å². The molecule has 8 nitrogen and oxygen atoms in total. The van der Waals surface area contributed by atoms with Crippen LogP contribution in [0, 0.1) is 0 Å². The van der Waals surface area contributed by atoms with Crippen LogP contribution in [0.25, 0.3) is 0 Å². The highest BCUT2D eigenvalue weighted by molar-refractivity contribution is 8.05. The van der Waals surface area contributed by atoms with Crippen molar-refractivity contribution >= 4 is 37.6 Å². The summed E-state index contributed by atoms with van der Waals surface area (Å²) < 4.78 is 53.5. The maximum absolute atomic E-state index is 12.6. The Morgan fingerprint density at radius 2 is 1.93 bits per heavy atom. The third-order valence-electron chi connectivity index (χ3n) is 3.06. The number of hydrogen-bond acceptors (Lipinski definition) is 8. The number of carbonyl (C=O) groups excluding carboxylic acids is 1. The molecule has 0 spiro atoms. The lowest BCUT2D eigenvalue weighted by Gasteiger charge is -2.13. The summed E-state index contributed by atoms with van der Waals surface area (Å²) in [5, 5.41) is 5.00. The predicted molar refractivity (Wildman–Crippen MR) is 111 cm³/mol. The van der Waals surface area contributed by atoms with Crippen LogP contribution in [0.2, 0.25) is 0 Å². The molecule has 0 bridgehead atoms. The van der Waals surface area contributed by atoms with E-state index in [1.54, 1.807) is 13.8 Å². The minimum atomic E-state index is -4.13. The highest BCUT2D eigenvalue weighted by Gasteiger charge is 2.22. The summed E-state index contributed by atoms with van der Waals surface area (Å²) in [6.07, 6.45) is 1.25. The molecule has 1 rings (SSSR count). The smallest absolute Gasteiger partial charge is 0.332 e. The maximum atomic E-state index is 12.6. The van der Waals surface area contributed by atoms with E-state index in [0.29, 0.717) is 5.57 Å². The second-order valence-electron chi connectivity index (χ2n) is 5.66. The van der Waals surface area contributed by atoms with E-state index in [1.807, 2.05) is 0 Å². The number of amides is 1. The quantitative estimate of drug-likeness (QED) is 0.553. The van der Waals surface area contributed by atoms with E-state index < -0.39 is 25.9 Å². The lowest BCUT2D eigenvalue weighted by molar-refractivity contribution is 0.0967. The van der Waals surface area contributed by atoms with Gasteiger partial charge in [-0.3, -0.25) is 4.79 Å². The van der Waals surface area contributed by atoms with Crippen LogP contribution < -0.4 is 15.2 Å². The molecule has 0 aliphatic rings. The van der Waals surface area contributed by atoms with Gasteiger partial charge in [-0.1, -0.05) is 30.8 Å². The minimum absolute atomic E-state index is 0.132. The molecule has 0 radical (unpaired) electrons. The van der Waals surface area contributed by atoms with Gasteiger partial charge in [-0.15, -0.1) is 0 Å². The Kier molecular flexibility index (Phi) is 8.33. The summed E-state index contributed by atoms with van der Waals surface area (Å²) in [7, 11) is -7.76. The zero-order valence-electron chi connectivity index (χ0n) is 15.6. The molecular formula is C17H22N2O6S3. The molecule has 0 aromatic heterocycles. The first kappa shape index (κ1) is 23.8. The molecule has 0 aliphatic carbocycles. The summed E-state index contributed by atoms with van der Waals surface area (Å²) >= 11 is 1.02. The topological polar surface area (TPSA) is 133 Å². The van der Waals surface area contributed by atoms with E-state index in [0.717, 1.165) is 29.3 Å². The number of nitrogens with two attached hydrogens (primary N) is 1. The standard InChI is InChI=1S/C17H22N2O6S3/c1-5-27(21,22)14-6-7-16(25-28(23,24)11-12(2)3)15(10-14)17(20)19-13(4)26-9-8-18/h6-11H,4-5,18H2,1-3H3,(H,19,20)/b9-8-. The Morgan fingerprint density at radius 1 is 1.29 bits per heavy atom. The average molecular weight is 447 g/mol. The van der Waals surface area contributed by atoms with Gasteiger partial charge in [-0.05, 0) is 37.5 Å². The van der Waals surface area contributed by atoms with Gasteiger partial charge in [-0.25, -0.2) is 8.42 Å². The zero-order valence-corrected chi connectivity index (χ0v) is 18.1. The van der Waals surface area contributed by atoms with E-state index in [2.05, 4.69) is 11.9 Å². The van der Waals surface area contributed by atoms with Gasteiger partial charge in [0.2, 0.25) is 0 Å². The Hall–Kier alpha value is -2.24. The van der Waals surface area contributed by atoms with Gasteiger partial charge in [-0.2, -0.15) is 8.42 Å². The molecular weight excluding hydrogens is 424 g/mol. The van der Waals surface area contributed by atoms with E-state index in [4.69, 9.17) is 9.92 Å². The molecule has 1 amide bonds. The Labute approximate surface area is 169 Å². The third kappa shape index (κ3) is 7.06. The third-order valence-corrected chi connectivity index (χ3v) is 6.65. The van der Waals surface area contributed by atoms with E-state index in [1.165, 1.54) is 24.6 Å². The monoisotopic (exact) mass is 446 g/mol. The van der Waals surface area contributed by atoms with Gasteiger partial charge in [0.25, 0.3) is 5.91 Å². The Bertz CT molecular complexity index is 1020. The van der Waals surface area contributed by atoms with Crippen molar-refractivity contribution in [3.8, 4) is 5.75 Å². The van der Waals surface area contributed by atoms with Crippen molar-refractivity contribution in [3.63, 3.8) is 0 Å². The van der Waals surface area contributed by atoms with Crippen LogP contribution in [0.4, 0.5) is 0 Å². The number of sulfone groups is 1. The van der Waals surface area contributed by atoms with Crippen molar-refractivity contribution in [2.75, 3.05) is 5.75 Å². The summed E-state index contributed by atoms with van der Waals surface area (Å²) in [5.41, 5.74) is 5.42. The van der Waals surface area contributed by atoms with Crippen LogP contribution in [-0.2, 0) is 20.0 Å². The van der Waals surface area contributed by atoms with Crippen LogP contribution in [0.1, 0.15) is 31.1 Å². The van der Waals surface area contributed by atoms with Crippen LogP contribution >= 0.6 is 11.8 Å². The number of benzene rings is 1. The van der Waals surface area contributed by atoms with Gasteiger partial charge in [0, 0.05) is 6.20 Å². The molecule has 0 heterocycles. The number of hydrogen-bond donors (Lipinski definition) is 2. The van der Waals surface area contributed by atoms with Crippen molar-refractivity contribution in [2.45, 2.75) is 25.7 Å². The van der Waals surface area contributed by atoms with Gasteiger partial charge < -0.3 is 15.2 Å². The second kappa shape index (κ2) is 9.80. The fourth-order valence-corrected chi connectivity index (χ4v) is 4.22. The summed E-state index contributed by atoms with van der Waals surface area (Å²) in [6, 6.07) is 3.38. The molecule has 0 aliphatic heterocycles. The number of carbonyl (C=O) groups is 1. The van der Waals surface area contributed by atoms with Crippen LogP contribution in [-0.4, -0.2) is 28.5 Å². The molecule has 0 saturated heterocycles. The van der Waals surface area contributed by atoms with Gasteiger partial charge >= 0.3 is 10.1 Å². The predicted octanol–water partition coefficient (Wildman–Crippen LogP) is 2.48. The lowest BCUT2D eigenvalue weighted by atomic mass is 10.2. The van der Waals surface area contributed by atoms with Gasteiger partial charge in [0.1, 0.15) is 0 Å². The lowest BCUT2D eigenvalue weighted by Crippen LogP contribution is -2.22. The fourth-order valence-electron chi connectivity index (χ4n) is 1.90. The van der Waals surface area contributed by atoms with E-state index in [-0.39, 0.29) is 27.0 Å². The van der Waals surface area contributed by atoms with Crippen molar-refractivity contribution < 1.29 is 25.8 Å². The molecule has 28 heavy (non-hydrogen) atoms. The first-order chi connectivity index (χ1) is 12.9. The SMILES string of the molecule is C=C(NC(=O)c1cc(S(=O)(=O)CC)ccc1OS(=O)(=O)C=C(C)C)S/C=C\N. The minimum Gasteiger partial charge on any atom is -0.404 e. The molecule has 0 unspecified atom stereocenters. The van der Waals surface area contributed by atoms with Gasteiger partial charge in [0.15, 0.2) is 15.6 Å². The molecule has 1 aromatic rings. The molecule has 0 atom stereocenters. The average Bonchev–Trinajstić information content (AvgIpc) is 2.58. The molecule has 0 fully saturated rings.